The summed E-state index contributed by atoms with van der Waals surface area (Å²) in [6.07, 6.45) is 4.39. The van der Waals surface area contributed by atoms with Crippen LogP contribution in [-0.2, 0) is 0 Å². The van der Waals surface area contributed by atoms with Gasteiger partial charge in [-0.05, 0) is 11.6 Å². The van der Waals surface area contributed by atoms with Crippen LogP contribution in [0.1, 0.15) is 5.56 Å². The molecule has 0 aromatic heterocycles. The molecule has 0 unspecified atom stereocenters. The summed E-state index contributed by atoms with van der Waals surface area (Å²) >= 11 is 0. The van der Waals surface area contributed by atoms with Gasteiger partial charge in [0.25, 0.3) is 0 Å². The zero-order chi connectivity index (χ0) is 9.73. The summed E-state index contributed by atoms with van der Waals surface area (Å²) in [5.41, 5.74) is 1.27. The number of likely N-dealkylation sites (N-methyl/N-ethyl adjacent to an activating group) is 1. The van der Waals surface area contributed by atoms with Crippen molar-refractivity contribution in [3.05, 3.63) is 42.0 Å². The van der Waals surface area contributed by atoms with Gasteiger partial charge >= 0.3 is 0 Å². The van der Waals surface area contributed by atoms with E-state index in [2.05, 4.69) is 57.6 Å². The number of quaternary nitrogens is 1. The maximum Gasteiger partial charge on any atom is 0.0970 e. The molecule has 1 aromatic rings. The van der Waals surface area contributed by atoms with E-state index in [1.807, 2.05) is 6.07 Å². The highest BCUT2D eigenvalue weighted by molar-refractivity contribution is 5.48. The Bertz CT molecular complexity index is 272. The molecule has 1 nitrogen and oxygen atoms in total. The van der Waals surface area contributed by atoms with Crippen LogP contribution in [0.5, 0.6) is 0 Å². The Kier molecular flexibility index (Phi) is 5.51. The molecule has 2 heteroatoms. The van der Waals surface area contributed by atoms with Gasteiger partial charge in [-0.15, -0.1) is 0 Å². The summed E-state index contributed by atoms with van der Waals surface area (Å²) in [5, 5.41) is 0. The van der Waals surface area contributed by atoms with Crippen LogP contribution < -0.4 is 12.4 Å². The summed E-state index contributed by atoms with van der Waals surface area (Å²) < 4.78 is 0.976. The van der Waals surface area contributed by atoms with E-state index in [1.54, 1.807) is 0 Å². The maximum absolute atomic E-state index is 2.22. The molecule has 0 aliphatic rings. The van der Waals surface area contributed by atoms with Crippen molar-refractivity contribution in [3.8, 4) is 0 Å². The second-order valence-electron chi connectivity index (χ2n) is 4.29. The molecule has 0 fully saturated rings. The van der Waals surface area contributed by atoms with E-state index in [-0.39, 0.29) is 12.4 Å². The summed E-state index contributed by atoms with van der Waals surface area (Å²) in [5.74, 6) is 0. The standard InChI is InChI=1S/C12H18N.ClH/c1-13(2,3)11-7-10-12-8-5-4-6-9-12;/h4-10H,11H2,1-3H3;1H/q+1;/p-1. The van der Waals surface area contributed by atoms with Crippen molar-refractivity contribution < 1.29 is 16.9 Å². The molecule has 0 atom stereocenters. The third-order valence-electron chi connectivity index (χ3n) is 1.76. The fourth-order valence-corrected chi connectivity index (χ4v) is 1.07. The Morgan fingerprint density at radius 3 is 2.14 bits per heavy atom. The molecule has 0 saturated heterocycles. The minimum atomic E-state index is 0. The van der Waals surface area contributed by atoms with Gasteiger partial charge < -0.3 is 16.9 Å². The average Bonchev–Trinajstić information content (AvgIpc) is 2.04. The number of nitrogens with zero attached hydrogens (tertiary/aromatic N) is 1. The van der Waals surface area contributed by atoms with E-state index in [1.165, 1.54) is 5.56 Å². The maximum atomic E-state index is 2.22. The number of rotatable bonds is 3. The first kappa shape index (κ1) is 13.2. The lowest BCUT2D eigenvalue weighted by atomic mass is 10.2. The zero-order valence-corrected chi connectivity index (χ0v) is 9.83. The smallest absolute Gasteiger partial charge is 0.0970 e. The van der Waals surface area contributed by atoms with Gasteiger partial charge in [-0.3, -0.25) is 0 Å². The van der Waals surface area contributed by atoms with Crippen LogP contribution in [-0.4, -0.2) is 32.2 Å². The first-order valence-corrected chi connectivity index (χ1v) is 4.60. The van der Waals surface area contributed by atoms with Crippen molar-refractivity contribution in [1.82, 2.24) is 0 Å². The van der Waals surface area contributed by atoms with Crippen molar-refractivity contribution in [3.63, 3.8) is 0 Å². The Morgan fingerprint density at radius 1 is 1.07 bits per heavy atom. The molecule has 1 aromatic carbocycles. The quantitative estimate of drug-likeness (QED) is 0.587. The average molecular weight is 212 g/mol. The molecule has 0 aliphatic heterocycles. The van der Waals surface area contributed by atoms with Crippen molar-refractivity contribution in [2.24, 2.45) is 0 Å². The second-order valence-corrected chi connectivity index (χ2v) is 4.29. The van der Waals surface area contributed by atoms with Gasteiger partial charge in [0.15, 0.2) is 0 Å². The van der Waals surface area contributed by atoms with E-state index < -0.39 is 0 Å². The van der Waals surface area contributed by atoms with Crippen LogP contribution in [0.2, 0.25) is 0 Å². The number of hydrogen-bond acceptors (Lipinski definition) is 0. The van der Waals surface area contributed by atoms with Gasteiger partial charge in [-0.2, -0.15) is 0 Å². The van der Waals surface area contributed by atoms with Gasteiger partial charge in [-0.25, -0.2) is 0 Å². The third kappa shape index (κ3) is 5.79. The Labute approximate surface area is 93.1 Å². The minimum absolute atomic E-state index is 0. The monoisotopic (exact) mass is 211 g/mol. The lowest BCUT2D eigenvalue weighted by molar-refractivity contribution is -0.864. The molecule has 14 heavy (non-hydrogen) atoms. The highest BCUT2D eigenvalue weighted by atomic mass is 35.5. The lowest BCUT2D eigenvalue weighted by Gasteiger charge is -2.21. The molecule has 78 valence electrons. The van der Waals surface area contributed by atoms with Crippen LogP contribution in [0.25, 0.3) is 6.08 Å². The summed E-state index contributed by atoms with van der Waals surface area (Å²) in [4.78, 5) is 0. The lowest BCUT2D eigenvalue weighted by Crippen LogP contribution is -3.00. The summed E-state index contributed by atoms with van der Waals surface area (Å²) in [6, 6.07) is 10.4. The molecule has 0 aliphatic carbocycles. The molecule has 0 radical (unpaired) electrons. The fraction of sp³-hybridized carbons (Fsp3) is 0.333. The molecule has 0 amide bonds. The van der Waals surface area contributed by atoms with E-state index in [9.17, 15) is 0 Å². The van der Waals surface area contributed by atoms with Crippen molar-refractivity contribution in [2.75, 3.05) is 27.7 Å². The van der Waals surface area contributed by atoms with Gasteiger partial charge in [0, 0.05) is 0 Å². The highest BCUT2D eigenvalue weighted by Crippen LogP contribution is 2.01. The predicted octanol–water partition coefficient (Wildman–Crippen LogP) is -0.590. The van der Waals surface area contributed by atoms with E-state index >= 15 is 0 Å². The van der Waals surface area contributed by atoms with Crippen molar-refractivity contribution >= 4 is 6.08 Å². The Morgan fingerprint density at radius 2 is 1.64 bits per heavy atom. The third-order valence-corrected chi connectivity index (χ3v) is 1.76. The molecule has 0 bridgehead atoms. The van der Waals surface area contributed by atoms with E-state index in [0.29, 0.717) is 0 Å². The largest absolute Gasteiger partial charge is 1.00 e. The normalized spacial score (nSPS) is 11.4. The van der Waals surface area contributed by atoms with Crippen LogP contribution in [0.3, 0.4) is 0 Å². The van der Waals surface area contributed by atoms with Crippen molar-refractivity contribution in [2.45, 2.75) is 0 Å². The number of hydrogen-bond donors (Lipinski definition) is 0. The second kappa shape index (κ2) is 5.84. The summed E-state index contributed by atoms with van der Waals surface area (Å²) in [6.45, 7) is 1.06. The predicted molar refractivity (Wildman–Crippen MR) is 58.4 cm³/mol. The number of halogens is 1. The van der Waals surface area contributed by atoms with Crippen LogP contribution in [0.15, 0.2) is 36.4 Å². The van der Waals surface area contributed by atoms with Crippen molar-refractivity contribution in [1.29, 1.82) is 0 Å². The Hall–Kier alpha value is -0.790. The molecule has 0 heterocycles. The van der Waals surface area contributed by atoms with Gasteiger partial charge in [0.05, 0.1) is 27.7 Å². The molecular formula is C12H18ClN. The topological polar surface area (TPSA) is 0 Å². The van der Waals surface area contributed by atoms with Crippen LogP contribution in [0.4, 0.5) is 0 Å². The van der Waals surface area contributed by atoms with Gasteiger partial charge in [0.2, 0.25) is 0 Å². The first-order chi connectivity index (χ1) is 6.08. The van der Waals surface area contributed by atoms with Gasteiger partial charge in [0.1, 0.15) is 0 Å². The SMILES string of the molecule is C[N+](C)(C)CC=Cc1ccccc1.[Cl-]. The number of benzene rings is 1. The van der Waals surface area contributed by atoms with Crippen LogP contribution in [0, 0.1) is 0 Å². The molecule has 0 N–H and O–H groups in total. The molecule has 0 saturated carbocycles. The van der Waals surface area contributed by atoms with E-state index in [0.717, 1.165) is 11.0 Å². The minimum Gasteiger partial charge on any atom is -1.00 e. The molecular weight excluding hydrogens is 194 g/mol. The Balaban J connectivity index is 0.00000169. The highest BCUT2D eigenvalue weighted by Gasteiger charge is 2.01. The first-order valence-electron chi connectivity index (χ1n) is 4.60. The van der Waals surface area contributed by atoms with E-state index in [4.69, 9.17) is 0 Å². The zero-order valence-electron chi connectivity index (χ0n) is 9.07. The van der Waals surface area contributed by atoms with Gasteiger partial charge in [-0.1, -0.05) is 36.4 Å². The fourth-order valence-electron chi connectivity index (χ4n) is 1.07. The van der Waals surface area contributed by atoms with Crippen LogP contribution >= 0.6 is 0 Å². The summed E-state index contributed by atoms with van der Waals surface area (Å²) in [7, 11) is 6.57. The molecule has 1 rings (SSSR count). The molecule has 0 spiro atoms.